The molecule has 0 aromatic rings. The van der Waals surface area contributed by atoms with E-state index in [1.807, 2.05) is 18.7 Å². The second-order valence-corrected chi connectivity index (χ2v) is 7.31. The Bertz CT molecular complexity index is 510. The number of carbonyl (C=O) groups is 2. The quantitative estimate of drug-likeness (QED) is 0.484. The fourth-order valence-corrected chi connectivity index (χ4v) is 3.65. The van der Waals surface area contributed by atoms with Crippen molar-refractivity contribution in [2.45, 2.75) is 45.6 Å². The van der Waals surface area contributed by atoms with Gasteiger partial charge in [0.25, 0.3) is 0 Å². The Morgan fingerprint density at radius 1 is 0.963 bits per heavy atom. The maximum Gasteiger partial charge on any atom is 0.239 e. The standard InChI is InChI=1S/C19H36N6O2/c1-4-8-21-17(26)7-9-22-19(20-3)25-14-12-23(13-15-25)16(2)18(27)24-10-5-6-11-24/h16H,4-15H2,1-3H3,(H,20,22)(H,21,26). The molecule has 2 fully saturated rings. The van der Waals surface area contributed by atoms with Crippen molar-refractivity contribution in [2.24, 2.45) is 4.99 Å². The maximum atomic E-state index is 12.6. The van der Waals surface area contributed by atoms with Gasteiger partial charge in [0.05, 0.1) is 6.04 Å². The molecule has 2 rings (SSSR count). The first-order chi connectivity index (χ1) is 13.1. The number of piperazine rings is 1. The first-order valence-electron chi connectivity index (χ1n) is 10.3. The highest BCUT2D eigenvalue weighted by molar-refractivity contribution is 5.82. The Morgan fingerprint density at radius 2 is 1.63 bits per heavy atom. The van der Waals surface area contributed by atoms with Gasteiger partial charge in [0.2, 0.25) is 11.8 Å². The van der Waals surface area contributed by atoms with Crippen LogP contribution in [0.25, 0.3) is 0 Å². The Kier molecular flexibility index (Phi) is 8.84. The van der Waals surface area contributed by atoms with Crippen LogP contribution in [0.4, 0.5) is 0 Å². The lowest BCUT2D eigenvalue weighted by Gasteiger charge is -2.39. The fraction of sp³-hybridized carbons (Fsp3) is 0.842. The Morgan fingerprint density at radius 3 is 2.22 bits per heavy atom. The van der Waals surface area contributed by atoms with E-state index >= 15 is 0 Å². The van der Waals surface area contributed by atoms with Gasteiger partial charge in [-0.3, -0.25) is 19.5 Å². The second kappa shape index (κ2) is 11.1. The minimum atomic E-state index is -0.0533. The lowest BCUT2D eigenvalue weighted by atomic mass is 10.2. The van der Waals surface area contributed by atoms with Crippen molar-refractivity contribution in [1.82, 2.24) is 25.3 Å². The summed E-state index contributed by atoms with van der Waals surface area (Å²) in [6.07, 6.45) is 3.65. The highest BCUT2D eigenvalue weighted by Gasteiger charge is 2.30. The molecule has 0 aromatic heterocycles. The van der Waals surface area contributed by atoms with E-state index in [0.717, 1.165) is 71.0 Å². The van der Waals surface area contributed by atoms with Crippen LogP contribution in [0.1, 0.15) is 39.5 Å². The highest BCUT2D eigenvalue weighted by Crippen LogP contribution is 2.14. The summed E-state index contributed by atoms with van der Waals surface area (Å²) in [5, 5.41) is 6.16. The summed E-state index contributed by atoms with van der Waals surface area (Å²) >= 11 is 0. The molecule has 2 heterocycles. The number of likely N-dealkylation sites (tertiary alicyclic amines) is 1. The molecule has 1 unspecified atom stereocenters. The number of hydrogen-bond donors (Lipinski definition) is 2. The molecule has 0 radical (unpaired) electrons. The fourth-order valence-electron chi connectivity index (χ4n) is 3.65. The van der Waals surface area contributed by atoms with E-state index in [9.17, 15) is 9.59 Å². The highest BCUT2D eigenvalue weighted by atomic mass is 16.2. The Balaban J connectivity index is 1.72. The maximum absolute atomic E-state index is 12.6. The van der Waals surface area contributed by atoms with E-state index in [1.54, 1.807) is 7.05 Å². The van der Waals surface area contributed by atoms with Crippen LogP contribution in [0, 0.1) is 0 Å². The molecular weight excluding hydrogens is 344 g/mol. The van der Waals surface area contributed by atoms with Crippen LogP contribution in [0.3, 0.4) is 0 Å². The molecule has 2 aliphatic rings. The molecule has 2 amide bonds. The van der Waals surface area contributed by atoms with E-state index in [1.165, 1.54) is 0 Å². The van der Waals surface area contributed by atoms with Crippen LogP contribution >= 0.6 is 0 Å². The number of nitrogens with zero attached hydrogens (tertiary/aromatic N) is 4. The molecule has 2 aliphatic heterocycles. The lowest BCUT2D eigenvalue weighted by Crippen LogP contribution is -2.57. The molecule has 2 N–H and O–H groups in total. The largest absolute Gasteiger partial charge is 0.356 e. The zero-order chi connectivity index (χ0) is 19.6. The van der Waals surface area contributed by atoms with Crippen molar-refractivity contribution >= 4 is 17.8 Å². The van der Waals surface area contributed by atoms with Crippen LogP contribution in [0.5, 0.6) is 0 Å². The number of guanidine groups is 1. The summed E-state index contributed by atoms with van der Waals surface area (Å²) in [5.74, 6) is 1.16. The van der Waals surface area contributed by atoms with Crippen molar-refractivity contribution in [3.8, 4) is 0 Å². The lowest BCUT2D eigenvalue weighted by molar-refractivity contribution is -0.135. The van der Waals surface area contributed by atoms with Gasteiger partial charge in [0.15, 0.2) is 5.96 Å². The molecule has 8 heteroatoms. The van der Waals surface area contributed by atoms with Gasteiger partial charge in [0.1, 0.15) is 0 Å². The number of hydrogen-bond acceptors (Lipinski definition) is 4. The molecule has 0 aliphatic carbocycles. The van der Waals surface area contributed by atoms with Crippen molar-refractivity contribution in [3.63, 3.8) is 0 Å². The molecule has 0 saturated carbocycles. The molecule has 2 saturated heterocycles. The van der Waals surface area contributed by atoms with E-state index < -0.39 is 0 Å². The van der Waals surface area contributed by atoms with Crippen molar-refractivity contribution < 1.29 is 9.59 Å². The third-order valence-corrected chi connectivity index (χ3v) is 5.36. The third kappa shape index (κ3) is 6.37. The van der Waals surface area contributed by atoms with Crippen molar-refractivity contribution in [1.29, 1.82) is 0 Å². The minimum Gasteiger partial charge on any atom is -0.356 e. The number of amides is 2. The number of carbonyl (C=O) groups excluding carboxylic acids is 2. The molecule has 8 nitrogen and oxygen atoms in total. The average molecular weight is 381 g/mol. The predicted octanol–water partition coefficient (Wildman–Crippen LogP) is 0.107. The van der Waals surface area contributed by atoms with Gasteiger partial charge >= 0.3 is 0 Å². The van der Waals surface area contributed by atoms with Gasteiger partial charge in [0, 0.05) is 65.8 Å². The predicted molar refractivity (Wildman–Crippen MR) is 108 cm³/mol. The number of aliphatic imine (C=N–C) groups is 1. The van der Waals surface area contributed by atoms with Crippen molar-refractivity contribution in [3.05, 3.63) is 0 Å². The first kappa shape index (κ1) is 21.5. The van der Waals surface area contributed by atoms with Gasteiger partial charge in [-0.25, -0.2) is 0 Å². The zero-order valence-corrected chi connectivity index (χ0v) is 17.2. The monoisotopic (exact) mass is 380 g/mol. The number of rotatable bonds is 7. The normalized spacial score (nSPS) is 19.9. The second-order valence-electron chi connectivity index (χ2n) is 7.31. The molecule has 0 aromatic carbocycles. The van der Waals surface area contributed by atoms with Gasteiger partial charge in [-0.2, -0.15) is 0 Å². The molecule has 0 spiro atoms. The summed E-state index contributed by atoms with van der Waals surface area (Å²) in [6.45, 7) is 10.5. The minimum absolute atomic E-state index is 0.0533. The number of nitrogens with one attached hydrogen (secondary N) is 2. The van der Waals surface area contributed by atoms with Crippen LogP contribution in [0.2, 0.25) is 0 Å². The van der Waals surface area contributed by atoms with Crippen LogP contribution in [0.15, 0.2) is 4.99 Å². The molecular formula is C19H36N6O2. The summed E-state index contributed by atoms with van der Waals surface area (Å²) < 4.78 is 0. The zero-order valence-electron chi connectivity index (χ0n) is 17.2. The van der Waals surface area contributed by atoms with Gasteiger partial charge < -0.3 is 20.4 Å². The summed E-state index contributed by atoms with van der Waals surface area (Å²) in [6, 6.07) is -0.0533. The first-order valence-corrected chi connectivity index (χ1v) is 10.3. The summed E-state index contributed by atoms with van der Waals surface area (Å²) in [5.41, 5.74) is 0. The summed E-state index contributed by atoms with van der Waals surface area (Å²) in [7, 11) is 1.77. The molecule has 154 valence electrons. The van der Waals surface area contributed by atoms with E-state index in [-0.39, 0.29) is 17.9 Å². The SMILES string of the molecule is CCCNC(=O)CCNC(=NC)N1CCN(C(C)C(=O)N2CCCC2)CC1. The average Bonchev–Trinajstić information content (AvgIpc) is 3.23. The molecule has 1 atom stereocenters. The van der Waals surface area contributed by atoms with E-state index in [2.05, 4.69) is 25.4 Å². The van der Waals surface area contributed by atoms with Gasteiger partial charge in [-0.05, 0) is 26.2 Å². The summed E-state index contributed by atoms with van der Waals surface area (Å²) in [4.78, 5) is 35.1. The van der Waals surface area contributed by atoms with E-state index in [4.69, 9.17) is 0 Å². The molecule has 0 bridgehead atoms. The topological polar surface area (TPSA) is 80.3 Å². The van der Waals surface area contributed by atoms with Crippen LogP contribution in [-0.2, 0) is 9.59 Å². The van der Waals surface area contributed by atoms with Gasteiger partial charge in [-0.1, -0.05) is 6.92 Å². The van der Waals surface area contributed by atoms with E-state index in [0.29, 0.717) is 13.0 Å². The van der Waals surface area contributed by atoms with Crippen LogP contribution < -0.4 is 10.6 Å². The molecule has 27 heavy (non-hydrogen) atoms. The van der Waals surface area contributed by atoms with Gasteiger partial charge in [-0.15, -0.1) is 0 Å². The Hall–Kier alpha value is -1.83. The third-order valence-electron chi connectivity index (χ3n) is 5.36. The van der Waals surface area contributed by atoms with Crippen molar-refractivity contribution in [2.75, 3.05) is 59.4 Å². The Labute approximate surface area is 163 Å². The smallest absolute Gasteiger partial charge is 0.239 e. The van der Waals surface area contributed by atoms with Crippen LogP contribution in [-0.4, -0.2) is 97.9 Å².